The molecular weight excluding hydrogens is 270 g/mol. The Bertz CT molecular complexity index is 597. The first-order valence-electron chi connectivity index (χ1n) is 6.42. The number of oxime groups is 1. The molecule has 0 bridgehead atoms. The minimum absolute atomic E-state index is 0.595. The highest BCUT2D eigenvalue weighted by molar-refractivity contribution is 5.85. The Morgan fingerprint density at radius 1 is 1.33 bits per heavy atom. The van der Waals surface area contributed by atoms with Crippen molar-refractivity contribution in [2.24, 2.45) is 5.16 Å². The molecule has 0 spiro atoms. The zero-order valence-corrected chi connectivity index (χ0v) is 11.5. The van der Waals surface area contributed by atoms with Crippen LogP contribution in [0.5, 0.6) is 5.75 Å². The third kappa shape index (κ3) is 4.94. The molecule has 1 heterocycles. The Labute approximate surface area is 122 Å². The van der Waals surface area contributed by atoms with Crippen molar-refractivity contribution in [3.05, 3.63) is 54.4 Å². The standard InChI is InChI=1S/C15H15N3O3/c1-2-20-14-7-5-13(6-8-14)18-15(19)21-17-11-12-4-3-9-16-10-12/h3-11H,2H2,1H3,(H,18,19)/b17-11+. The number of amides is 1. The maximum atomic E-state index is 11.5. The molecule has 0 aliphatic heterocycles. The maximum absolute atomic E-state index is 11.5. The summed E-state index contributed by atoms with van der Waals surface area (Å²) in [5.41, 5.74) is 1.34. The molecule has 0 fully saturated rings. The average Bonchev–Trinajstić information content (AvgIpc) is 2.51. The topological polar surface area (TPSA) is 72.8 Å². The number of hydrogen-bond acceptors (Lipinski definition) is 5. The molecule has 0 radical (unpaired) electrons. The van der Waals surface area contributed by atoms with Crippen molar-refractivity contribution in [1.29, 1.82) is 0 Å². The predicted molar refractivity (Wildman–Crippen MR) is 79.5 cm³/mol. The molecule has 2 rings (SSSR count). The molecule has 0 unspecified atom stereocenters. The number of anilines is 1. The number of carbonyl (C=O) groups is 1. The van der Waals surface area contributed by atoms with Gasteiger partial charge in [0.25, 0.3) is 0 Å². The number of rotatable bonds is 5. The van der Waals surface area contributed by atoms with Crippen LogP contribution in [0.15, 0.2) is 53.9 Å². The lowest BCUT2D eigenvalue weighted by Gasteiger charge is -2.05. The van der Waals surface area contributed by atoms with E-state index in [2.05, 4.69) is 20.3 Å². The Morgan fingerprint density at radius 3 is 2.81 bits per heavy atom. The number of nitrogens with one attached hydrogen (secondary N) is 1. The van der Waals surface area contributed by atoms with Crippen LogP contribution >= 0.6 is 0 Å². The lowest BCUT2D eigenvalue weighted by Crippen LogP contribution is -2.10. The van der Waals surface area contributed by atoms with Gasteiger partial charge in [0.05, 0.1) is 12.8 Å². The predicted octanol–water partition coefficient (Wildman–Crippen LogP) is 3.06. The highest BCUT2D eigenvalue weighted by atomic mass is 16.7. The summed E-state index contributed by atoms with van der Waals surface area (Å²) in [7, 11) is 0. The average molecular weight is 285 g/mol. The first-order valence-corrected chi connectivity index (χ1v) is 6.42. The first kappa shape index (κ1) is 14.5. The SMILES string of the molecule is CCOc1ccc(NC(=O)O/N=C/c2cccnc2)cc1. The quantitative estimate of drug-likeness (QED) is 0.520. The van der Waals surface area contributed by atoms with Crippen molar-refractivity contribution in [3.8, 4) is 5.75 Å². The Morgan fingerprint density at radius 2 is 2.14 bits per heavy atom. The third-order valence-electron chi connectivity index (χ3n) is 2.43. The van der Waals surface area contributed by atoms with Crippen molar-refractivity contribution in [3.63, 3.8) is 0 Å². The number of nitrogens with zero attached hydrogens (tertiary/aromatic N) is 2. The van der Waals surface area contributed by atoms with Crippen LogP contribution in [0.4, 0.5) is 10.5 Å². The minimum atomic E-state index is -0.667. The van der Waals surface area contributed by atoms with Crippen LogP contribution in [-0.2, 0) is 4.84 Å². The van der Waals surface area contributed by atoms with Crippen molar-refractivity contribution in [1.82, 2.24) is 4.98 Å². The van der Waals surface area contributed by atoms with E-state index in [0.29, 0.717) is 12.3 Å². The molecule has 0 aliphatic rings. The normalized spacial score (nSPS) is 10.3. The van der Waals surface area contributed by atoms with Crippen LogP contribution in [0, 0.1) is 0 Å². The number of ether oxygens (including phenoxy) is 1. The summed E-state index contributed by atoms with van der Waals surface area (Å²) in [5, 5.41) is 6.13. The minimum Gasteiger partial charge on any atom is -0.494 e. The number of aromatic nitrogens is 1. The number of pyridine rings is 1. The van der Waals surface area contributed by atoms with Crippen molar-refractivity contribution in [2.45, 2.75) is 6.92 Å². The second-order valence-electron chi connectivity index (χ2n) is 3.98. The lowest BCUT2D eigenvalue weighted by molar-refractivity contribution is 0.167. The Hall–Kier alpha value is -2.89. The molecule has 0 saturated carbocycles. The molecule has 6 nitrogen and oxygen atoms in total. The van der Waals surface area contributed by atoms with Gasteiger partial charge in [-0.3, -0.25) is 15.1 Å². The van der Waals surface area contributed by atoms with E-state index in [0.717, 1.165) is 11.3 Å². The zero-order chi connectivity index (χ0) is 14.9. The van der Waals surface area contributed by atoms with Gasteiger partial charge in [0, 0.05) is 23.6 Å². The second kappa shape index (κ2) is 7.64. The summed E-state index contributed by atoms with van der Waals surface area (Å²) in [4.78, 5) is 20.1. The first-order chi connectivity index (χ1) is 10.3. The van der Waals surface area contributed by atoms with E-state index in [9.17, 15) is 4.79 Å². The van der Waals surface area contributed by atoms with Gasteiger partial charge >= 0.3 is 6.09 Å². The third-order valence-corrected chi connectivity index (χ3v) is 2.43. The van der Waals surface area contributed by atoms with E-state index in [-0.39, 0.29) is 0 Å². The Kier molecular flexibility index (Phi) is 5.28. The molecule has 0 atom stereocenters. The number of carbonyl (C=O) groups excluding carboxylic acids is 1. The summed E-state index contributed by atoms with van der Waals surface area (Å²) in [6, 6.07) is 10.5. The summed E-state index contributed by atoms with van der Waals surface area (Å²) in [6.07, 6.45) is 4.00. The van der Waals surface area contributed by atoms with Gasteiger partial charge in [0.1, 0.15) is 5.75 Å². The molecule has 1 N–H and O–H groups in total. The van der Waals surface area contributed by atoms with Gasteiger partial charge in [-0.15, -0.1) is 0 Å². The fourth-order valence-corrected chi connectivity index (χ4v) is 1.53. The summed E-state index contributed by atoms with van der Waals surface area (Å²) in [5.74, 6) is 0.742. The van der Waals surface area contributed by atoms with Crippen LogP contribution in [0.25, 0.3) is 0 Å². The van der Waals surface area contributed by atoms with Crippen LogP contribution < -0.4 is 10.1 Å². The Balaban J connectivity index is 1.83. The van der Waals surface area contributed by atoms with Crippen LogP contribution in [0.3, 0.4) is 0 Å². The van der Waals surface area contributed by atoms with Gasteiger partial charge in [-0.05, 0) is 37.3 Å². The van der Waals surface area contributed by atoms with Gasteiger partial charge in [-0.2, -0.15) is 0 Å². The van der Waals surface area contributed by atoms with E-state index in [4.69, 9.17) is 4.74 Å². The number of benzene rings is 1. The van der Waals surface area contributed by atoms with E-state index >= 15 is 0 Å². The fraction of sp³-hybridized carbons (Fsp3) is 0.133. The van der Waals surface area contributed by atoms with Gasteiger partial charge < -0.3 is 4.74 Å². The molecule has 108 valence electrons. The van der Waals surface area contributed by atoms with Gasteiger partial charge in [-0.25, -0.2) is 4.79 Å². The zero-order valence-electron chi connectivity index (χ0n) is 11.5. The van der Waals surface area contributed by atoms with E-state index in [1.807, 2.05) is 6.92 Å². The van der Waals surface area contributed by atoms with Crippen molar-refractivity contribution >= 4 is 18.0 Å². The van der Waals surface area contributed by atoms with Gasteiger partial charge in [0.15, 0.2) is 0 Å². The fourth-order valence-electron chi connectivity index (χ4n) is 1.53. The molecule has 21 heavy (non-hydrogen) atoms. The molecule has 0 aliphatic carbocycles. The van der Waals surface area contributed by atoms with Crippen molar-refractivity contribution < 1.29 is 14.4 Å². The van der Waals surface area contributed by atoms with Crippen LogP contribution in [-0.4, -0.2) is 23.9 Å². The summed E-state index contributed by atoms with van der Waals surface area (Å²) < 4.78 is 5.31. The van der Waals surface area contributed by atoms with E-state index in [1.165, 1.54) is 6.21 Å². The number of hydrogen-bond donors (Lipinski definition) is 1. The highest BCUT2D eigenvalue weighted by Gasteiger charge is 2.02. The summed E-state index contributed by atoms with van der Waals surface area (Å²) >= 11 is 0. The molecule has 1 amide bonds. The molecule has 0 saturated heterocycles. The largest absolute Gasteiger partial charge is 0.494 e. The van der Waals surface area contributed by atoms with Crippen LogP contribution in [0.1, 0.15) is 12.5 Å². The molecule has 1 aromatic heterocycles. The molecule has 6 heteroatoms. The van der Waals surface area contributed by atoms with Gasteiger partial charge in [-0.1, -0.05) is 11.2 Å². The van der Waals surface area contributed by atoms with E-state index < -0.39 is 6.09 Å². The molecule has 1 aromatic carbocycles. The van der Waals surface area contributed by atoms with Crippen LogP contribution in [0.2, 0.25) is 0 Å². The van der Waals surface area contributed by atoms with Gasteiger partial charge in [0.2, 0.25) is 0 Å². The van der Waals surface area contributed by atoms with Crippen molar-refractivity contribution in [2.75, 3.05) is 11.9 Å². The monoisotopic (exact) mass is 285 g/mol. The molecular formula is C15H15N3O3. The smallest absolute Gasteiger partial charge is 0.437 e. The molecule has 2 aromatic rings. The van der Waals surface area contributed by atoms with E-state index in [1.54, 1.807) is 48.8 Å². The highest BCUT2D eigenvalue weighted by Crippen LogP contribution is 2.15. The summed E-state index contributed by atoms with van der Waals surface area (Å²) in [6.45, 7) is 2.50. The second-order valence-corrected chi connectivity index (χ2v) is 3.98. The lowest BCUT2D eigenvalue weighted by atomic mass is 10.3. The maximum Gasteiger partial charge on any atom is 0.437 e.